The predicted molar refractivity (Wildman–Crippen MR) is 78.7 cm³/mol. The van der Waals surface area contributed by atoms with E-state index in [1.54, 1.807) is 13.0 Å². The second kappa shape index (κ2) is 5.02. The Morgan fingerprint density at radius 1 is 1.25 bits per heavy atom. The van der Waals surface area contributed by atoms with Crippen LogP contribution in [0.5, 0.6) is 0 Å². The zero-order valence-electron chi connectivity index (χ0n) is 11.8. The third kappa shape index (κ3) is 2.90. The Balaban J connectivity index is 2.73. The molecule has 5 heteroatoms. The highest BCUT2D eigenvalue weighted by molar-refractivity contribution is 6.30. The van der Waals surface area contributed by atoms with Crippen molar-refractivity contribution in [2.24, 2.45) is 0 Å². The zero-order valence-corrected chi connectivity index (χ0v) is 12.6. The van der Waals surface area contributed by atoms with Crippen LogP contribution in [0.4, 0.5) is 4.39 Å². The molecule has 0 fully saturated rings. The molecule has 1 heterocycles. The molecule has 1 N–H and O–H groups in total. The van der Waals surface area contributed by atoms with Crippen molar-refractivity contribution in [1.82, 2.24) is 9.97 Å². The van der Waals surface area contributed by atoms with Gasteiger partial charge in [0.2, 0.25) is 0 Å². The Kier molecular flexibility index (Phi) is 3.69. The quantitative estimate of drug-likeness (QED) is 0.868. The van der Waals surface area contributed by atoms with Crippen LogP contribution in [0.2, 0.25) is 5.02 Å². The Morgan fingerprint density at radius 3 is 2.45 bits per heavy atom. The van der Waals surface area contributed by atoms with Crippen molar-refractivity contribution >= 4 is 11.6 Å². The van der Waals surface area contributed by atoms with Gasteiger partial charge in [0, 0.05) is 21.6 Å². The second-order valence-electron chi connectivity index (χ2n) is 5.80. The van der Waals surface area contributed by atoms with Crippen molar-refractivity contribution in [3.8, 4) is 11.3 Å². The highest BCUT2D eigenvalue weighted by atomic mass is 35.5. The molecule has 106 valence electrons. The first-order chi connectivity index (χ1) is 9.18. The number of H-pyrrole nitrogens is 1. The number of halogens is 2. The summed E-state index contributed by atoms with van der Waals surface area (Å²) < 4.78 is 13.5. The SMILES string of the molecule is Cc1c(-c2cc(F)cc(Cl)c2)nc(C(C)(C)C)[nH]c1=O. The van der Waals surface area contributed by atoms with Gasteiger partial charge in [0.1, 0.15) is 11.6 Å². The molecule has 0 saturated carbocycles. The minimum Gasteiger partial charge on any atom is -0.310 e. The molecule has 0 bridgehead atoms. The number of benzene rings is 1. The van der Waals surface area contributed by atoms with Crippen LogP contribution in [-0.2, 0) is 5.41 Å². The van der Waals surface area contributed by atoms with Crippen LogP contribution in [0, 0.1) is 12.7 Å². The molecule has 2 rings (SSSR count). The van der Waals surface area contributed by atoms with E-state index in [-0.39, 0.29) is 16.0 Å². The van der Waals surface area contributed by atoms with Crippen LogP contribution in [-0.4, -0.2) is 9.97 Å². The lowest BCUT2D eigenvalue weighted by molar-refractivity contribution is 0.542. The Bertz CT molecular complexity index is 697. The molecule has 0 saturated heterocycles. The van der Waals surface area contributed by atoms with Gasteiger partial charge in [0.15, 0.2) is 0 Å². The summed E-state index contributed by atoms with van der Waals surface area (Å²) >= 11 is 5.87. The number of hydrogen-bond acceptors (Lipinski definition) is 2. The van der Waals surface area contributed by atoms with Gasteiger partial charge in [-0.3, -0.25) is 4.79 Å². The molecule has 1 aromatic heterocycles. The summed E-state index contributed by atoms with van der Waals surface area (Å²) in [6, 6.07) is 4.15. The van der Waals surface area contributed by atoms with Gasteiger partial charge in [-0.05, 0) is 25.1 Å². The molecule has 2 aromatic rings. The molecule has 0 aliphatic rings. The maximum absolute atomic E-state index is 13.5. The van der Waals surface area contributed by atoms with E-state index >= 15 is 0 Å². The smallest absolute Gasteiger partial charge is 0.254 e. The summed E-state index contributed by atoms with van der Waals surface area (Å²) in [5.74, 6) is 0.106. The van der Waals surface area contributed by atoms with Crippen molar-refractivity contribution in [3.63, 3.8) is 0 Å². The number of rotatable bonds is 1. The molecule has 20 heavy (non-hydrogen) atoms. The fraction of sp³-hybridized carbons (Fsp3) is 0.333. The Hall–Kier alpha value is -1.68. The van der Waals surface area contributed by atoms with E-state index < -0.39 is 5.82 Å². The van der Waals surface area contributed by atoms with Gasteiger partial charge < -0.3 is 4.98 Å². The molecule has 0 atom stereocenters. The van der Waals surface area contributed by atoms with Gasteiger partial charge in [-0.15, -0.1) is 0 Å². The molecule has 0 spiro atoms. The van der Waals surface area contributed by atoms with Gasteiger partial charge in [-0.1, -0.05) is 32.4 Å². The van der Waals surface area contributed by atoms with Gasteiger partial charge in [-0.2, -0.15) is 0 Å². The lowest BCUT2D eigenvalue weighted by atomic mass is 9.95. The summed E-state index contributed by atoms with van der Waals surface area (Å²) in [5.41, 5.74) is 0.878. The molecular formula is C15H16ClFN2O. The molecule has 0 radical (unpaired) electrons. The van der Waals surface area contributed by atoms with Gasteiger partial charge >= 0.3 is 0 Å². The minimum absolute atomic E-state index is 0.222. The van der Waals surface area contributed by atoms with Crippen molar-refractivity contribution in [2.75, 3.05) is 0 Å². The monoisotopic (exact) mass is 294 g/mol. The first kappa shape index (κ1) is 14.7. The van der Waals surface area contributed by atoms with Gasteiger partial charge in [0.25, 0.3) is 5.56 Å². The standard InChI is InChI=1S/C15H16ClFN2O/c1-8-12(9-5-10(16)7-11(17)6-9)18-14(15(2,3)4)19-13(8)20/h5-7H,1-4H3,(H,18,19,20). The Labute approximate surface area is 121 Å². The molecule has 1 aromatic carbocycles. The van der Waals surface area contributed by atoms with E-state index in [2.05, 4.69) is 9.97 Å². The lowest BCUT2D eigenvalue weighted by Crippen LogP contribution is -2.24. The molecule has 0 aliphatic heterocycles. The highest BCUT2D eigenvalue weighted by Gasteiger charge is 2.20. The van der Waals surface area contributed by atoms with Crippen molar-refractivity contribution in [3.05, 3.63) is 50.8 Å². The molecule has 0 unspecified atom stereocenters. The third-order valence-electron chi connectivity index (χ3n) is 3.00. The third-order valence-corrected chi connectivity index (χ3v) is 3.22. The number of aromatic nitrogens is 2. The van der Waals surface area contributed by atoms with Crippen LogP contribution < -0.4 is 5.56 Å². The summed E-state index contributed by atoms with van der Waals surface area (Å²) in [4.78, 5) is 19.3. The molecule has 0 amide bonds. The largest absolute Gasteiger partial charge is 0.310 e. The lowest BCUT2D eigenvalue weighted by Gasteiger charge is -2.18. The van der Waals surface area contributed by atoms with Gasteiger partial charge in [0.05, 0.1) is 5.69 Å². The molecule has 0 aliphatic carbocycles. The van der Waals surface area contributed by atoms with Crippen LogP contribution in [0.3, 0.4) is 0 Å². The topological polar surface area (TPSA) is 45.8 Å². The van der Waals surface area contributed by atoms with Crippen molar-refractivity contribution in [1.29, 1.82) is 0 Å². The van der Waals surface area contributed by atoms with Crippen LogP contribution in [0.1, 0.15) is 32.2 Å². The maximum Gasteiger partial charge on any atom is 0.254 e. The minimum atomic E-state index is -0.453. The summed E-state index contributed by atoms with van der Waals surface area (Å²) in [6.07, 6.45) is 0. The van der Waals surface area contributed by atoms with Crippen molar-refractivity contribution < 1.29 is 4.39 Å². The van der Waals surface area contributed by atoms with Crippen LogP contribution >= 0.6 is 11.6 Å². The molecule has 3 nitrogen and oxygen atoms in total. The molecular weight excluding hydrogens is 279 g/mol. The average Bonchev–Trinajstić information content (AvgIpc) is 2.29. The average molecular weight is 295 g/mol. The number of nitrogens with one attached hydrogen (secondary N) is 1. The fourth-order valence-corrected chi connectivity index (χ4v) is 2.08. The summed E-state index contributed by atoms with van der Waals surface area (Å²) in [7, 11) is 0. The predicted octanol–water partition coefficient (Wildman–Crippen LogP) is 3.84. The number of hydrogen-bond donors (Lipinski definition) is 1. The van der Waals surface area contributed by atoms with Crippen LogP contribution in [0.25, 0.3) is 11.3 Å². The summed E-state index contributed by atoms with van der Waals surface area (Å²) in [5, 5.41) is 0.277. The van der Waals surface area contributed by atoms with E-state index in [0.29, 0.717) is 22.6 Å². The van der Waals surface area contributed by atoms with E-state index in [4.69, 9.17) is 11.6 Å². The van der Waals surface area contributed by atoms with Crippen LogP contribution in [0.15, 0.2) is 23.0 Å². The number of aromatic amines is 1. The summed E-state index contributed by atoms with van der Waals surface area (Å²) in [6.45, 7) is 7.50. The highest BCUT2D eigenvalue weighted by Crippen LogP contribution is 2.26. The van der Waals surface area contributed by atoms with E-state index in [1.165, 1.54) is 12.1 Å². The zero-order chi connectivity index (χ0) is 15.1. The van der Waals surface area contributed by atoms with Gasteiger partial charge in [-0.25, -0.2) is 9.37 Å². The van der Waals surface area contributed by atoms with E-state index in [0.717, 1.165) is 0 Å². The van der Waals surface area contributed by atoms with E-state index in [1.807, 2.05) is 20.8 Å². The maximum atomic E-state index is 13.5. The first-order valence-corrected chi connectivity index (χ1v) is 6.64. The first-order valence-electron chi connectivity index (χ1n) is 6.26. The normalized spacial score (nSPS) is 11.7. The van der Waals surface area contributed by atoms with Crippen molar-refractivity contribution in [2.45, 2.75) is 33.1 Å². The second-order valence-corrected chi connectivity index (χ2v) is 6.23. The Morgan fingerprint density at radius 2 is 1.90 bits per heavy atom. The number of nitrogens with zero attached hydrogens (tertiary/aromatic N) is 1. The van der Waals surface area contributed by atoms with E-state index in [9.17, 15) is 9.18 Å². The fourth-order valence-electron chi connectivity index (χ4n) is 1.86.